The van der Waals surface area contributed by atoms with Crippen LogP contribution in [0.2, 0.25) is 0 Å². The van der Waals surface area contributed by atoms with E-state index in [1.54, 1.807) is 0 Å². The molecule has 3 aromatic carbocycles. The van der Waals surface area contributed by atoms with E-state index in [4.69, 9.17) is 0 Å². The van der Waals surface area contributed by atoms with E-state index in [0.29, 0.717) is 5.66 Å². The third-order valence-corrected chi connectivity index (χ3v) is 8.50. The minimum absolute atomic E-state index is 0.129. The fourth-order valence-electron chi connectivity index (χ4n) is 4.41. The van der Waals surface area contributed by atoms with Gasteiger partial charge in [-0.15, -0.1) is 0 Å². The van der Waals surface area contributed by atoms with Gasteiger partial charge in [0.15, 0.2) is 0 Å². The number of nitrogens with zero attached hydrogens (tertiary/aromatic N) is 1. The largest absolute Gasteiger partial charge is 0.193 e. The molecule has 3 aromatic rings. The van der Waals surface area contributed by atoms with Crippen LogP contribution in [0.3, 0.4) is 0 Å². The van der Waals surface area contributed by atoms with Gasteiger partial charge < -0.3 is 0 Å². The summed E-state index contributed by atoms with van der Waals surface area (Å²) < 4.78 is 0. The summed E-state index contributed by atoms with van der Waals surface area (Å²) in [5, 5.41) is 12.7. The monoisotopic (exact) mass is 381 g/mol. The van der Waals surface area contributed by atoms with Gasteiger partial charge in [0.05, 0.1) is 6.07 Å². The van der Waals surface area contributed by atoms with E-state index in [9.17, 15) is 5.26 Å². The molecule has 1 nitrogen and oxygen atoms in total. The lowest BCUT2D eigenvalue weighted by molar-refractivity contribution is 0.733. The molecule has 0 N–H and O–H groups in total. The van der Waals surface area contributed by atoms with Gasteiger partial charge in [-0.3, -0.25) is 0 Å². The first-order valence-corrected chi connectivity index (χ1v) is 11.2. The molecule has 138 valence electrons. The molecule has 0 saturated heterocycles. The standard InChI is InChI=1S/C26H24NP/c1-19-17-21(18-27)26(25-16-10-9-15-24(19)25)20(2)28(22-11-5-3-6-12-22)23-13-7-4-8-14-23/h3-17,19-20,26H,1-2H3. The molecule has 0 heterocycles. The molecule has 0 aromatic heterocycles. The van der Waals surface area contributed by atoms with E-state index in [1.165, 1.54) is 21.7 Å². The predicted octanol–water partition coefficient (Wildman–Crippen LogP) is 5.86. The molecule has 3 unspecified atom stereocenters. The van der Waals surface area contributed by atoms with Crippen molar-refractivity contribution in [2.45, 2.75) is 31.3 Å². The smallest absolute Gasteiger partial charge is 0.0950 e. The van der Waals surface area contributed by atoms with E-state index in [-0.39, 0.29) is 11.8 Å². The van der Waals surface area contributed by atoms with Gasteiger partial charge >= 0.3 is 0 Å². The number of benzene rings is 3. The van der Waals surface area contributed by atoms with Crippen LogP contribution in [0.25, 0.3) is 0 Å². The fourth-order valence-corrected chi connectivity index (χ4v) is 7.26. The summed E-state index contributed by atoms with van der Waals surface area (Å²) in [5.74, 6) is 0.415. The number of allylic oxidation sites excluding steroid dienone is 2. The summed E-state index contributed by atoms with van der Waals surface area (Å²) in [5.41, 5.74) is 3.91. The predicted molar refractivity (Wildman–Crippen MR) is 120 cm³/mol. The van der Waals surface area contributed by atoms with Crippen LogP contribution in [-0.2, 0) is 0 Å². The molecule has 1 aliphatic carbocycles. The zero-order valence-electron chi connectivity index (χ0n) is 16.3. The fraction of sp³-hybridized carbons (Fsp3) is 0.192. The highest BCUT2D eigenvalue weighted by atomic mass is 31.1. The van der Waals surface area contributed by atoms with Crippen LogP contribution in [0.15, 0.2) is 96.6 Å². The van der Waals surface area contributed by atoms with Gasteiger partial charge in [-0.2, -0.15) is 5.26 Å². The summed E-state index contributed by atoms with van der Waals surface area (Å²) >= 11 is 0. The Morgan fingerprint density at radius 3 is 1.82 bits per heavy atom. The van der Waals surface area contributed by atoms with E-state index in [1.807, 2.05) is 0 Å². The first-order valence-electron chi connectivity index (χ1n) is 9.80. The van der Waals surface area contributed by atoms with Gasteiger partial charge in [-0.25, -0.2) is 0 Å². The molecular weight excluding hydrogens is 357 g/mol. The number of nitriles is 1. The lowest BCUT2D eigenvalue weighted by atomic mass is 9.77. The minimum Gasteiger partial charge on any atom is -0.193 e. The van der Waals surface area contributed by atoms with Gasteiger partial charge in [-0.05, 0) is 35.3 Å². The van der Waals surface area contributed by atoms with Crippen molar-refractivity contribution in [3.8, 4) is 6.07 Å². The Balaban J connectivity index is 1.86. The Bertz CT molecular complexity index is 978. The Hall–Kier alpha value is -2.68. The lowest BCUT2D eigenvalue weighted by Crippen LogP contribution is -2.28. The summed E-state index contributed by atoms with van der Waals surface area (Å²) in [6, 6.07) is 32.8. The average Bonchev–Trinajstić information content (AvgIpc) is 2.75. The Morgan fingerprint density at radius 2 is 1.29 bits per heavy atom. The molecule has 0 amide bonds. The third-order valence-electron chi connectivity index (χ3n) is 5.67. The zero-order chi connectivity index (χ0) is 19.5. The summed E-state index contributed by atoms with van der Waals surface area (Å²) in [6.45, 7) is 4.52. The first kappa shape index (κ1) is 18.7. The molecule has 2 heteroatoms. The van der Waals surface area contributed by atoms with Crippen LogP contribution < -0.4 is 10.6 Å². The van der Waals surface area contributed by atoms with Crippen LogP contribution in [0.4, 0.5) is 0 Å². The summed E-state index contributed by atoms with van der Waals surface area (Å²) in [6.07, 6.45) is 2.17. The maximum atomic E-state index is 9.97. The van der Waals surface area contributed by atoms with Crippen LogP contribution in [0.5, 0.6) is 0 Å². The molecule has 0 bridgehead atoms. The molecule has 28 heavy (non-hydrogen) atoms. The molecule has 3 atom stereocenters. The van der Waals surface area contributed by atoms with Crippen LogP contribution in [0, 0.1) is 11.3 Å². The highest BCUT2D eigenvalue weighted by molar-refractivity contribution is 7.73. The van der Waals surface area contributed by atoms with Crippen molar-refractivity contribution in [2.75, 3.05) is 0 Å². The van der Waals surface area contributed by atoms with Crippen molar-refractivity contribution < 1.29 is 0 Å². The molecule has 0 radical (unpaired) electrons. The SMILES string of the molecule is CC1C=C(C#N)C(C(C)P(c2ccccc2)c2ccccc2)c2ccccc21. The Kier molecular flexibility index (Phi) is 5.43. The normalized spacial score (nSPS) is 19.4. The van der Waals surface area contributed by atoms with Crippen molar-refractivity contribution >= 4 is 18.5 Å². The van der Waals surface area contributed by atoms with Gasteiger partial charge in [-0.1, -0.05) is 105 Å². The lowest BCUT2D eigenvalue weighted by Gasteiger charge is -2.36. The Morgan fingerprint density at radius 1 is 0.786 bits per heavy atom. The second kappa shape index (κ2) is 8.14. The molecule has 1 aliphatic rings. The number of fused-ring (bicyclic) bond motifs is 1. The highest BCUT2D eigenvalue weighted by Gasteiger charge is 2.35. The number of rotatable bonds is 4. The molecule has 0 fully saturated rings. The summed E-state index contributed by atoms with van der Waals surface area (Å²) in [7, 11) is -0.598. The molecular formula is C26H24NP. The molecule has 4 rings (SSSR count). The van der Waals surface area contributed by atoms with Crippen molar-refractivity contribution in [1.29, 1.82) is 5.26 Å². The number of hydrogen-bond donors (Lipinski definition) is 0. The second-order valence-electron chi connectivity index (χ2n) is 7.41. The average molecular weight is 381 g/mol. The van der Waals surface area contributed by atoms with Crippen molar-refractivity contribution in [3.05, 3.63) is 108 Å². The number of hydrogen-bond acceptors (Lipinski definition) is 1. The van der Waals surface area contributed by atoms with Gasteiger partial charge in [0, 0.05) is 17.4 Å². The van der Waals surface area contributed by atoms with Crippen molar-refractivity contribution in [2.24, 2.45) is 0 Å². The minimum atomic E-state index is -0.598. The van der Waals surface area contributed by atoms with E-state index in [0.717, 1.165) is 5.57 Å². The van der Waals surface area contributed by atoms with Crippen molar-refractivity contribution in [1.82, 2.24) is 0 Å². The maximum absolute atomic E-state index is 9.97. The zero-order valence-corrected chi connectivity index (χ0v) is 17.2. The van der Waals surface area contributed by atoms with Gasteiger partial charge in [0.2, 0.25) is 0 Å². The highest BCUT2D eigenvalue weighted by Crippen LogP contribution is 2.51. The maximum Gasteiger partial charge on any atom is 0.0950 e. The molecule has 0 spiro atoms. The summed E-state index contributed by atoms with van der Waals surface area (Å²) in [4.78, 5) is 0. The van der Waals surface area contributed by atoms with Gasteiger partial charge in [0.1, 0.15) is 0 Å². The quantitative estimate of drug-likeness (QED) is 0.519. The second-order valence-corrected chi connectivity index (χ2v) is 10.00. The molecule has 0 aliphatic heterocycles. The Labute approximate surface area is 169 Å². The third kappa shape index (κ3) is 3.42. The molecule has 0 saturated carbocycles. The van der Waals surface area contributed by atoms with Crippen LogP contribution in [0.1, 0.15) is 36.8 Å². The van der Waals surface area contributed by atoms with Crippen LogP contribution >= 0.6 is 7.92 Å². The topological polar surface area (TPSA) is 23.8 Å². The van der Waals surface area contributed by atoms with E-state index in [2.05, 4.69) is 111 Å². The van der Waals surface area contributed by atoms with E-state index < -0.39 is 7.92 Å². The van der Waals surface area contributed by atoms with Crippen LogP contribution in [-0.4, -0.2) is 5.66 Å². The van der Waals surface area contributed by atoms with E-state index >= 15 is 0 Å². The van der Waals surface area contributed by atoms with Crippen molar-refractivity contribution in [3.63, 3.8) is 0 Å². The van der Waals surface area contributed by atoms with Gasteiger partial charge in [0.25, 0.3) is 0 Å². The first-order chi connectivity index (χ1) is 13.7.